The van der Waals surface area contributed by atoms with E-state index in [0.29, 0.717) is 18.0 Å². The van der Waals surface area contributed by atoms with E-state index in [1.54, 1.807) is 0 Å². The summed E-state index contributed by atoms with van der Waals surface area (Å²) in [5.74, 6) is -2.38. The molecular weight excluding hydrogens is 397 g/mol. The standard InChI is InChI=1S/C21H23F3N4O2/c1-10-19-20(28(3)11(2)21(29)27-19)26-16(25-10)8-12-6-13(7-12)9-30-15-5-4-14(22)17(23)18(15)24/h4-5,11-13H,6-9H2,1-3H3,(H,27,29)/t11-,12?,13?/m0/s1. The number of rotatable bonds is 5. The second kappa shape index (κ2) is 7.77. The molecule has 1 aliphatic heterocycles. The summed E-state index contributed by atoms with van der Waals surface area (Å²) in [6, 6.07) is 1.65. The maximum absolute atomic E-state index is 13.7. The zero-order valence-corrected chi connectivity index (χ0v) is 17.0. The highest BCUT2D eigenvalue weighted by atomic mass is 19.2. The predicted molar refractivity (Wildman–Crippen MR) is 105 cm³/mol. The first-order valence-corrected chi connectivity index (χ1v) is 9.92. The van der Waals surface area contributed by atoms with Crippen LogP contribution in [0.15, 0.2) is 12.1 Å². The van der Waals surface area contributed by atoms with Gasteiger partial charge in [0.1, 0.15) is 17.6 Å². The monoisotopic (exact) mass is 420 g/mol. The van der Waals surface area contributed by atoms with Gasteiger partial charge in [0.25, 0.3) is 0 Å². The normalized spacial score (nSPS) is 22.9. The first-order valence-electron chi connectivity index (χ1n) is 9.92. The van der Waals surface area contributed by atoms with Crippen molar-refractivity contribution < 1.29 is 22.7 Å². The minimum absolute atomic E-state index is 0.0799. The third-order valence-corrected chi connectivity index (χ3v) is 5.94. The molecule has 0 radical (unpaired) electrons. The molecule has 0 bridgehead atoms. The molecule has 1 atom stereocenters. The highest BCUT2D eigenvalue weighted by molar-refractivity contribution is 6.02. The van der Waals surface area contributed by atoms with Gasteiger partial charge in [-0.1, -0.05) is 0 Å². The van der Waals surface area contributed by atoms with Gasteiger partial charge >= 0.3 is 0 Å². The van der Waals surface area contributed by atoms with Gasteiger partial charge < -0.3 is 15.0 Å². The topological polar surface area (TPSA) is 67.4 Å². The number of aromatic nitrogens is 2. The number of hydrogen-bond donors (Lipinski definition) is 1. The number of likely N-dealkylation sites (N-methyl/N-ethyl adjacent to an activating group) is 1. The second-order valence-corrected chi connectivity index (χ2v) is 8.09. The van der Waals surface area contributed by atoms with Gasteiger partial charge in [0, 0.05) is 13.5 Å². The lowest BCUT2D eigenvalue weighted by atomic mass is 9.73. The van der Waals surface area contributed by atoms with Crippen molar-refractivity contribution >= 4 is 17.4 Å². The molecule has 2 heterocycles. The molecule has 160 valence electrons. The number of nitrogens with zero attached hydrogens (tertiary/aromatic N) is 3. The molecule has 9 heteroatoms. The van der Waals surface area contributed by atoms with Crippen LogP contribution in [0.4, 0.5) is 24.7 Å². The Kier molecular flexibility index (Phi) is 5.29. The Balaban J connectivity index is 1.34. The molecule has 4 rings (SSSR count). The number of aryl methyl sites for hydroxylation is 1. The molecule has 2 aliphatic rings. The minimum Gasteiger partial charge on any atom is -0.490 e. The number of nitrogens with one attached hydrogen (secondary N) is 1. The lowest BCUT2D eigenvalue weighted by Crippen LogP contribution is -2.45. The molecule has 6 nitrogen and oxygen atoms in total. The summed E-state index contributed by atoms with van der Waals surface area (Å²) < 4.78 is 45.3. The number of carbonyl (C=O) groups excluding carboxylic acids is 1. The Morgan fingerprint density at radius 1 is 1.17 bits per heavy atom. The van der Waals surface area contributed by atoms with E-state index in [4.69, 9.17) is 4.74 Å². The molecule has 2 aromatic rings. The average molecular weight is 420 g/mol. The highest BCUT2D eigenvalue weighted by Crippen LogP contribution is 2.38. The fourth-order valence-corrected chi connectivity index (χ4v) is 3.96. The summed E-state index contributed by atoms with van der Waals surface area (Å²) in [5.41, 5.74) is 1.38. The van der Waals surface area contributed by atoms with E-state index in [-0.39, 0.29) is 30.2 Å². The number of carbonyl (C=O) groups is 1. The van der Waals surface area contributed by atoms with Crippen molar-refractivity contribution in [2.45, 2.75) is 39.2 Å². The van der Waals surface area contributed by atoms with Gasteiger partial charge in [0.2, 0.25) is 11.7 Å². The lowest BCUT2D eigenvalue weighted by Gasteiger charge is -2.36. The van der Waals surface area contributed by atoms with E-state index in [2.05, 4.69) is 15.3 Å². The number of anilines is 2. The van der Waals surface area contributed by atoms with Crippen LogP contribution in [0.3, 0.4) is 0 Å². The Labute approximate surface area is 172 Å². The Morgan fingerprint density at radius 3 is 2.63 bits per heavy atom. The highest BCUT2D eigenvalue weighted by Gasteiger charge is 2.33. The molecule has 0 saturated heterocycles. The van der Waals surface area contributed by atoms with Gasteiger partial charge in [-0.05, 0) is 50.7 Å². The predicted octanol–water partition coefficient (Wildman–Crippen LogP) is 3.63. The summed E-state index contributed by atoms with van der Waals surface area (Å²) in [7, 11) is 1.84. The fraction of sp³-hybridized carbons (Fsp3) is 0.476. The first kappa shape index (κ1) is 20.4. The van der Waals surface area contributed by atoms with Gasteiger partial charge in [-0.3, -0.25) is 4.79 Å². The first-order chi connectivity index (χ1) is 14.2. The zero-order valence-electron chi connectivity index (χ0n) is 17.0. The summed E-state index contributed by atoms with van der Waals surface area (Å²) >= 11 is 0. The molecule has 1 N–H and O–H groups in total. The zero-order chi connectivity index (χ0) is 21.6. The minimum atomic E-state index is -1.52. The molecular formula is C21H23F3N4O2. The second-order valence-electron chi connectivity index (χ2n) is 8.09. The summed E-state index contributed by atoms with van der Waals surface area (Å²) in [6.45, 7) is 3.92. The average Bonchev–Trinajstić information content (AvgIpc) is 2.68. The number of benzene rings is 1. The van der Waals surface area contributed by atoms with Crippen LogP contribution >= 0.6 is 0 Å². The molecule has 0 spiro atoms. The Bertz CT molecular complexity index is 995. The largest absolute Gasteiger partial charge is 0.490 e. The molecule has 1 aliphatic carbocycles. The van der Waals surface area contributed by atoms with Crippen LogP contribution < -0.4 is 15.0 Å². The molecule has 30 heavy (non-hydrogen) atoms. The van der Waals surface area contributed by atoms with Crippen LogP contribution in [0.2, 0.25) is 0 Å². The Hall–Kier alpha value is -2.84. The summed E-state index contributed by atoms with van der Waals surface area (Å²) in [5, 5.41) is 2.87. The van der Waals surface area contributed by atoms with Crippen molar-refractivity contribution in [2.75, 3.05) is 23.9 Å². The van der Waals surface area contributed by atoms with Crippen molar-refractivity contribution in [3.8, 4) is 5.75 Å². The van der Waals surface area contributed by atoms with E-state index in [9.17, 15) is 18.0 Å². The van der Waals surface area contributed by atoms with E-state index in [1.807, 2.05) is 25.8 Å². The molecule has 0 unspecified atom stereocenters. The van der Waals surface area contributed by atoms with E-state index < -0.39 is 17.5 Å². The lowest BCUT2D eigenvalue weighted by molar-refractivity contribution is -0.117. The van der Waals surface area contributed by atoms with Gasteiger partial charge in [-0.2, -0.15) is 4.39 Å². The van der Waals surface area contributed by atoms with Gasteiger partial charge in [-0.25, -0.2) is 18.7 Å². The number of hydrogen-bond acceptors (Lipinski definition) is 5. The van der Waals surface area contributed by atoms with Gasteiger partial charge in [0.15, 0.2) is 23.2 Å². The van der Waals surface area contributed by atoms with E-state index >= 15 is 0 Å². The quantitative estimate of drug-likeness (QED) is 0.749. The molecule has 1 fully saturated rings. The fourth-order valence-electron chi connectivity index (χ4n) is 3.96. The van der Waals surface area contributed by atoms with Crippen LogP contribution in [-0.4, -0.2) is 35.6 Å². The SMILES string of the molecule is Cc1nc(CC2CC(COc3ccc(F)c(F)c3F)C2)nc2c1NC(=O)[C@H](C)N2C. The van der Waals surface area contributed by atoms with Crippen LogP contribution in [0.25, 0.3) is 0 Å². The van der Waals surface area contributed by atoms with Gasteiger partial charge in [0.05, 0.1) is 12.3 Å². The van der Waals surface area contributed by atoms with Crippen LogP contribution in [-0.2, 0) is 11.2 Å². The van der Waals surface area contributed by atoms with Crippen LogP contribution in [0.1, 0.15) is 31.3 Å². The number of fused-ring (bicyclic) bond motifs is 1. The molecule has 1 aromatic carbocycles. The number of amides is 1. The van der Waals surface area contributed by atoms with Crippen LogP contribution in [0.5, 0.6) is 5.75 Å². The number of ether oxygens (including phenoxy) is 1. The summed E-state index contributed by atoms with van der Waals surface area (Å²) in [4.78, 5) is 23.1. The van der Waals surface area contributed by atoms with Crippen LogP contribution in [0, 0.1) is 36.2 Å². The molecule has 1 saturated carbocycles. The van der Waals surface area contributed by atoms with Crippen molar-refractivity contribution in [3.63, 3.8) is 0 Å². The smallest absolute Gasteiger partial charge is 0.246 e. The van der Waals surface area contributed by atoms with Gasteiger partial charge in [-0.15, -0.1) is 0 Å². The molecule has 1 amide bonds. The van der Waals surface area contributed by atoms with E-state index in [1.165, 1.54) is 0 Å². The van der Waals surface area contributed by atoms with Crippen molar-refractivity contribution in [1.29, 1.82) is 0 Å². The van der Waals surface area contributed by atoms with Crippen molar-refractivity contribution in [1.82, 2.24) is 9.97 Å². The van der Waals surface area contributed by atoms with Crippen molar-refractivity contribution in [2.24, 2.45) is 11.8 Å². The Morgan fingerprint density at radius 2 is 1.90 bits per heavy atom. The summed E-state index contributed by atoms with van der Waals surface area (Å²) in [6.07, 6.45) is 2.40. The third-order valence-electron chi connectivity index (χ3n) is 5.94. The number of halogens is 3. The maximum atomic E-state index is 13.7. The maximum Gasteiger partial charge on any atom is 0.246 e. The van der Waals surface area contributed by atoms with Crippen molar-refractivity contribution in [3.05, 3.63) is 41.1 Å². The van der Waals surface area contributed by atoms with E-state index in [0.717, 1.165) is 42.3 Å². The third kappa shape index (κ3) is 3.68. The molecule has 1 aromatic heterocycles.